The predicted octanol–water partition coefficient (Wildman–Crippen LogP) is 3.53. The molecule has 0 heterocycles. The zero-order chi connectivity index (χ0) is 20.7. The lowest BCUT2D eigenvalue weighted by molar-refractivity contribution is -0.142. The third-order valence-electron chi connectivity index (χ3n) is 4.69. The number of amides is 2. The van der Waals surface area contributed by atoms with Gasteiger partial charge < -0.3 is 15.0 Å². The van der Waals surface area contributed by atoms with E-state index in [0.29, 0.717) is 12.3 Å². The van der Waals surface area contributed by atoms with Gasteiger partial charge in [-0.2, -0.15) is 0 Å². The van der Waals surface area contributed by atoms with Crippen LogP contribution in [0.5, 0.6) is 5.75 Å². The Balaban J connectivity index is 2.08. The first-order valence-electron chi connectivity index (χ1n) is 9.50. The average Bonchev–Trinajstić information content (AvgIpc) is 2.69. The Kier molecular flexibility index (Phi) is 7.21. The highest BCUT2D eigenvalue weighted by atomic mass is 16.5. The predicted molar refractivity (Wildman–Crippen MR) is 111 cm³/mol. The van der Waals surface area contributed by atoms with Crippen molar-refractivity contribution in [2.24, 2.45) is 0 Å². The molecule has 2 amide bonds. The maximum absolute atomic E-state index is 12.8. The molecule has 0 aliphatic rings. The molecule has 1 unspecified atom stereocenters. The number of nitrogens with zero attached hydrogens (tertiary/aromatic N) is 1. The van der Waals surface area contributed by atoms with Gasteiger partial charge in [-0.1, -0.05) is 63.2 Å². The molecule has 2 aromatic carbocycles. The van der Waals surface area contributed by atoms with Crippen molar-refractivity contribution < 1.29 is 14.3 Å². The Labute approximate surface area is 167 Å². The standard InChI is InChI=1S/C23H30N2O3/c1-17(22(27)24-5)25(15-18-9-7-6-8-10-18)21(26)16-28-20-13-11-19(12-14-20)23(2,3)4/h6-14,17H,15-16H2,1-5H3,(H,24,27). The van der Waals surface area contributed by atoms with Gasteiger partial charge in [0.05, 0.1) is 0 Å². The highest BCUT2D eigenvalue weighted by molar-refractivity contribution is 5.87. The largest absolute Gasteiger partial charge is 0.484 e. The second kappa shape index (κ2) is 9.40. The first-order valence-corrected chi connectivity index (χ1v) is 9.50. The van der Waals surface area contributed by atoms with Crippen LogP contribution < -0.4 is 10.1 Å². The van der Waals surface area contributed by atoms with E-state index < -0.39 is 6.04 Å². The first kappa shape index (κ1) is 21.5. The fourth-order valence-corrected chi connectivity index (χ4v) is 2.85. The van der Waals surface area contributed by atoms with E-state index in [0.717, 1.165) is 5.56 Å². The summed E-state index contributed by atoms with van der Waals surface area (Å²) in [5, 5.41) is 2.61. The average molecular weight is 383 g/mol. The molecule has 0 spiro atoms. The number of carbonyl (C=O) groups is 2. The molecular formula is C23H30N2O3. The van der Waals surface area contributed by atoms with Crippen molar-refractivity contribution in [3.05, 3.63) is 65.7 Å². The molecule has 1 N–H and O–H groups in total. The molecule has 0 saturated carbocycles. The van der Waals surface area contributed by atoms with E-state index in [9.17, 15) is 9.59 Å². The number of carbonyl (C=O) groups excluding carboxylic acids is 2. The van der Waals surface area contributed by atoms with Gasteiger partial charge in [0.2, 0.25) is 5.91 Å². The van der Waals surface area contributed by atoms with Crippen LogP contribution in [0.1, 0.15) is 38.8 Å². The minimum atomic E-state index is -0.593. The lowest BCUT2D eigenvalue weighted by atomic mass is 9.87. The maximum atomic E-state index is 12.8. The molecule has 0 bridgehead atoms. The molecule has 0 aromatic heterocycles. The quantitative estimate of drug-likeness (QED) is 0.797. The van der Waals surface area contributed by atoms with Gasteiger partial charge in [0, 0.05) is 13.6 Å². The summed E-state index contributed by atoms with van der Waals surface area (Å²) in [5.41, 5.74) is 2.22. The van der Waals surface area contributed by atoms with Crippen molar-refractivity contribution in [2.75, 3.05) is 13.7 Å². The Bertz CT molecular complexity index is 780. The van der Waals surface area contributed by atoms with Gasteiger partial charge in [0.15, 0.2) is 6.61 Å². The number of rotatable bonds is 7. The summed E-state index contributed by atoms with van der Waals surface area (Å²) in [6, 6.07) is 16.8. The van der Waals surface area contributed by atoms with Crippen LogP contribution in [0.15, 0.2) is 54.6 Å². The summed E-state index contributed by atoms with van der Waals surface area (Å²) in [7, 11) is 1.57. The third kappa shape index (κ3) is 5.84. The molecule has 150 valence electrons. The minimum absolute atomic E-state index is 0.0593. The first-order chi connectivity index (χ1) is 13.2. The van der Waals surface area contributed by atoms with Gasteiger partial charge in [-0.15, -0.1) is 0 Å². The summed E-state index contributed by atoms with van der Waals surface area (Å²) >= 11 is 0. The second-order valence-electron chi connectivity index (χ2n) is 7.86. The van der Waals surface area contributed by atoms with Crippen molar-refractivity contribution in [3.8, 4) is 5.75 Å². The smallest absolute Gasteiger partial charge is 0.261 e. The maximum Gasteiger partial charge on any atom is 0.261 e. The molecule has 1 atom stereocenters. The van der Waals surface area contributed by atoms with Gasteiger partial charge >= 0.3 is 0 Å². The van der Waals surface area contributed by atoms with Crippen LogP contribution in [-0.4, -0.2) is 36.4 Å². The summed E-state index contributed by atoms with van der Waals surface area (Å²) < 4.78 is 5.69. The number of benzene rings is 2. The van der Waals surface area contributed by atoms with Crippen LogP contribution in [0, 0.1) is 0 Å². The molecule has 2 rings (SSSR count). The van der Waals surface area contributed by atoms with Gasteiger partial charge in [-0.3, -0.25) is 9.59 Å². The van der Waals surface area contributed by atoms with E-state index in [4.69, 9.17) is 4.74 Å². The molecule has 0 saturated heterocycles. The Morgan fingerprint density at radius 2 is 1.64 bits per heavy atom. The molecule has 28 heavy (non-hydrogen) atoms. The Morgan fingerprint density at radius 1 is 1.04 bits per heavy atom. The van der Waals surface area contributed by atoms with Gasteiger partial charge in [0.1, 0.15) is 11.8 Å². The summed E-state index contributed by atoms with van der Waals surface area (Å²) in [6.07, 6.45) is 0. The number of hydrogen-bond donors (Lipinski definition) is 1. The molecule has 2 aromatic rings. The van der Waals surface area contributed by atoms with Crippen molar-refractivity contribution in [1.29, 1.82) is 0 Å². The van der Waals surface area contributed by atoms with E-state index in [1.807, 2.05) is 54.6 Å². The van der Waals surface area contributed by atoms with Crippen LogP contribution in [0.2, 0.25) is 0 Å². The van der Waals surface area contributed by atoms with Crippen LogP contribution in [0.25, 0.3) is 0 Å². The van der Waals surface area contributed by atoms with Crippen LogP contribution in [-0.2, 0) is 21.5 Å². The minimum Gasteiger partial charge on any atom is -0.484 e. The normalized spacial score (nSPS) is 12.2. The number of ether oxygens (including phenoxy) is 1. The van der Waals surface area contributed by atoms with Crippen molar-refractivity contribution in [1.82, 2.24) is 10.2 Å². The number of likely N-dealkylation sites (N-methyl/N-ethyl adjacent to an activating group) is 1. The molecule has 5 heteroatoms. The third-order valence-corrected chi connectivity index (χ3v) is 4.69. The van der Waals surface area contributed by atoms with Crippen LogP contribution in [0.4, 0.5) is 0 Å². The van der Waals surface area contributed by atoms with Crippen LogP contribution in [0.3, 0.4) is 0 Å². The molecule has 0 aliphatic heterocycles. The topological polar surface area (TPSA) is 58.6 Å². The lowest BCUT2D eigenvalue weighted by Crippen LogP contribution is -2.48. The molecule has 0 aliphatic carbocycles. The highest BCUT2D eigenvalue weighted by Gasteiger charge is 2.25. The van der Waals surface area contributed by atoms with E-state index in [1.54, 1.807) is 14.0 Å². The number of nitrogens with one attached hydrogen (secondary N) is 1. The van der Waals surface area contributed by atoms with Gasteiger partial charge in [0.25, 0.3) is 5.91 Å². The van der Waals surface area contributed by atoms with Gasteiger partial charge in [-0.05, 0) is 35.6 Å². The number of hydrogen-bond acceptors (Lipinski definition) is 3. The molecular weight excluding hydrogens is 352 g/mol. The fraction of sp³-hybridized carbons (Fsp3) is 0.391. The molecule has 5 nitrogen and oxygen atoms in total. The van der Waals surface area contributed by atoms with E-state index in [1.165, 1.54) is 10.5 Å². The zero-order valence-electron chi connectivity index (χ0n) is 17.4. The Hall–Kier alpha value is -2.82. The summed E-state index contributed by atoms with van der Waals surface area (Å²) in [5.74, 6) is 0.187. The van der Waals surface area contributed by atoms with E-state index in [-0.39, 0.29) is 23.8 Å². The monoisotopic (exact) mass is 382 g/mol. The lowest BCUT2D eigenvalue weighted by Gasteiger charge is -2.28. The highest BCUT2D eigenvalue weighted by Crippen LogP contribution is 2.24. The molecule has 0 radical (unpaired) electrons. The second-order valence-corrected chi connectivity index (χ2v) is 7.86. The molecule has 0 fully saturated rings. The summed E-state index contributed by atoms with van der Waals surface area (Å²) in [6.45, 7) is 8.39. The van der Waals surface area contributed by atoms with Gasteiger partial charge in [-0.25, -0.2) is 0 Å². The fourth-order valence-electron chi connectivity index (χ4n) is 2.85. The van der Waals surface area contributed by atoms with Crippen LogP contribution >= 0.6 is 0 Å². The van der Waals surface area contributed by atoms with Crippen molar-refractivity contribution in [3.63, 3.8) is 0 Å². The van der Waals surface area contributed by atoms with Crippen molar-refractivity contribution in [2.45, 2.75) is 45.7 Å². The summed E-state index contributed by atoms with van der Waals surface area (Å²) in [4.78, 5) is 26.5. The Morgan fingerprint density at radius 3 is 2.18 bits per heavy atom. The van der Waals surface area contributed by atoms with E-state index >= 15 is 0 Å². The SMILES string of the molecule is CNC(=O)C(C)N(Cc1ccccc1)C(=O)COc1ccc(C(C)(C)C)cc1. The van der Waals surface area contributed by atoms with Crippen molar-refractivity contribution >= 4 is 11.8 Å². The van der Waals surface area contributed by atoms with E-state index in [2.05, 4.69) is 26.1 Å². The zero-order valence-corrected chi connectivity index (χ0v) is 17.4.